The van der Waals surface area contributed by atoms with Gasteiger partial charge in [-0.2, -0.15) is 0 Å². The Kier molecular flexibility index (Phi) is 2.75. The van der Waals surface area contributed by atoms with E-state index in [1.54, 1.807) is 11.6 Å². The van der Waals surface area contributed by atoms with Gasteiger partial charge in [-0.3, -0.25) is 4.57 Å². The van der Waals surface area contributed by atoms with Gasteiger partial charge in [0.1, 0.15) is 0 Å². The average molecular weight is 194 g/mol. The van der Waals surface area contributed by atoms with Gasteiger partial charge in [0, 0.05) is 26.0 Å². The molecule has 0 N–H and O–H groups in total. The average Bonchev–Trinajstić information content (AvgIpc) is 2.52. The molecule has 0 amide bonds. The fourth-order valence-electron chi connectivity index (χ4n) is 2.30. The lowest BCUT2D eigenvalue weighted by Crippen LogP contribution is -2.25. The molecule has 1 aliphatic carbocycles. The standard InChI is InChI=1S/C11H18N2O/c1-12-7-8-13(11(12)14)9-10-5-3-2-4-6-10/h7-8,10H,2-6,9H2,1H3. The van der Waals surface area contributed by atoms with Crippen molar-refractivity contribution in [3.05, 3.63) is 22.9 Å². The molecule has 1 fully saturated rings. The maximum Gasteiger partial charge on any atom is 0.327 e. The fourth-order valence-corrected chi connectivity index (χ4v) is 2.30. The predicted molar refractivity (Wildman–Crippen MR) is 56.2 cm³/mol. The Morgan fingerprint density at radius 2 is 2.00 bits per heavy atom. The topological polar surface area (TPSA) is 26.9 Å². The molecule has 3 heteroatoms. The summed E-state index contributed by atoms with van der Waals surface area (Å²) < 4.78 is 3.48. The van der Waals surface area contributed by atoms with Crippen LogP contribution < -0.4 is 5.69 Å². The molecule has 78 valence electrons. The Morgan fingerprint density at radius 3 is 2.57 bits per heavy atom. The van der Waals surface area contributed by atoms with Crippen LogP contribution in [0.5, 0.6) is 0 Å². The zero-order chi connectivity index (χ0) is 9.97. The zero-order valence-corrected chi connectivity index (χ0v) is 8.78. The van der Waals surface area contributed by atoms with Crippen molar-refractivity contribution in [2.24, 2.45) is 13.0 Å². The van der Waals surface area contributed by atoms with E-state index >= 15 is 0 Å². The zero-order valence-electron chi connectivity index (χ0n) is 8.78. The summed E-state index contributed by atoms with van der Waals surface area (Å²) >= 11 is 0. The van der Waals surface area contributed by atoms with Crippen LogP contribution >= 0.6 is 0 Å². The maximum absolute atomic E-state index is 11.6. The van der Waals surface area contributed by atoms with Crippen molar-refractivity contribution < 1.29 is 0 Å². The maximum atomic E-state index is 11.6. The van der Waals surface area contributed by atoms with Gasteiger partial charge in [0.2, 0.25) is 0 Å². The van der Waals surface area contributed by atoms with Crippen LogP contribution in [0.15, 0.2) is 17.2 Å². The summed E-state index contributed by atoms with van der Waals surface area (Å²) in [6, 6.07) is 0. The van der Waals surface area contributed by atoms with Crippen LogP contribution in [0.1, 0.15) is 32.1 Å². The molecule has 0 bridgehead atoms. The Bertz CT molecular complexity index is 344. The van der Waals surface area contributed by atoms with Crippen molar-refractivity contribution in [2.75, 3.05) is 0 Å². The van der Waals surface area contributed by atoms with E-state index < -0.39 is 0 Å². The van der Waals surface area contributed by atoms with Crippen LogP contribution in [0.2, 0.25) is 0 Å². The molecular weight excluding hydrogens is 176 g/mol. The number of aromatic nitrogens is 2. The van der Waals surface area contributed by atoms with Gasteiger partial charge in [-0.25, -0.2) is 4.79 Å². The first kappa shape index (κ1) is 9.56. The minimum Gasteiger partial charge on any atom is -0.302 e. The quantitative estimate of drug-likeness (QED) is 0.705. The van der Waals surface area contributed by atoms with Crippen molar-refractivity contribution in [3.8, 4) is 0 Å². The summed E-state index contributed by atoms with van der Waals surface area (Å²) in [5, 5.41) is 0. The van der Waals surface area contributed by atoms with Gasteiger partial charge >= 0.3 is 5.69 Å². The first-order valence-corrected chi connectivity index (χ1v) is 5.49. The lowest BCUT2D eigenvalue weighted by atomic mass is 9.89. The molecule has 0 saturated heterocycles. The van der Waals surface area contributed by atoms with Crippen molar-refractivity contribution in [2.45, 2.75) is 38.6 Å². The summed E-state index contributed by atoms with van der Waals surface area (Å²) in [7, 11) is 1.81. The summed E-state index contributed by atoms with van der Waals surface area (Å²) in [5.41, 5.74) is 0.121. The van der Waals surface area contributed by atoms with Gasteiger partial charge in [-0.1, -0.05) is 19.3 Å². The minimum atomic E-state index is 0.121. The lowest BCUT2D eigenvalue weighted by Gasteiger charge is -2.21. The van der Waals surface area contributed by atoms with Crippen molar-refractivity contribution in [1.29, 1.82) is 0 Å². The predicted octanol–water partition coefficient (Wildman–Crippen LogP) is 1.77. The van der Waals surface area contributed by atoms with Crippen LogP contribution in [0.3, 0.4) is 0 Å². The first-order chi connectivity index (χ1) is 6.77. The molecule has 0 atom stereocenters. The highest BCUT2D eigenvalue weighted by atomic mass is 16.1. The molecule has 1 aromatic heterocycles. The Morgan fingerprint density at radius 1 is 1.29 bits per heavy atom. The summed E-state index contributed by atoms with van der Waals surface area (Å²) in [5.74, 6) is 0.726. The van der Waals surface area contributed by atoms with Gasteiger partial charge in [0.05, 0.1) is 0 Å². The minimum absolute atomic E-state index is 0.121. The number of aryl methyl sites for hydroxylation is 1. The van der Waals surface area contributed by atoms with Gasteiger partial charge in [0.25, 0.3) is 0 Å². The summed E-state index contributed by atoms with van der Waals surface area (Å²) in [6.07, 6.45) is 10.4. The number of hydrogen-bond donors (Lipinski definition) is 0. The van der Waals surface area contributed by atoms with Crippen molar-refractivity contribution >= 4 is 0 Å². The summed E-state index contributed by atoms with van der Waals surface area (Å²) in [6.45, 7) is 0.916. The highest BCUT2D eigenvalue weighted by Gasteiger charge is 2.14. The molecule has 1 aromatic rings. The SMILES string of the molecule is Cn1ccn(CC2CCCCC2)c1=O. The van der Waals surface area contributed by atoms with E-state index in [1.165, 1.54) is 32.1 Å². The number of imidazole rings is 1. The van der Waals surface area contributed by atoms with Crippen LogP contribution in [0.25, 0.3) is 0 Å². The number of hydrogen-bond acceptors (Lipinski definition) is 1. The van der Waals surface area contributed by atoms with Gasteiger partial charge in [-0.15, -0.1) is 0 Å². The molecule has 3 nitrogen and oxygen atoms in total. The smallest absolute Gasteiger partial charge is 0.302 e. The van der Waals surface area contributed by atoms with Crippen molar-refractivity contribution in [3.63, 3.8) is 0 Å². The van der Waals surface area contributed by atoms with E-state index in [2.05, 4.69) is 0 Å². The second-order valence-corrected chi connectivity index (χ2v) is 4.35. The monoisotopic (exact) mass is 194 g/mol. The Hall–Kier alpha value is -0.990. The van der Waals surface area contributed by atoms with Crippen LogP contribution in [-0.2, 0) is 13.6 Å². The molecule has 0 spiro atoms. The van der Waals surface area contributed by atoms with Gasteiger partial charge in [0.15, 0.2) is 0 Å². The molecule has 0 radical (unpaired) electrons. The highest BCUT2D eigenvalue weighted by molar-refractivity contribution is 4.81. The Balaban J connectivity index is 2.02. The first-order valence-electron chi connectivity index (χ1n) is 5.49. The molecule has 1 heterocycles. The second-order valence-electron chi connectivity index (χ2n) is 4.35. The molecule has 1 aliphatic rings. The number of rotatable bonds is 2. The molecule has 2 rings (SSSR count). The van der Waals surface area contributed by atoms with Crippen LogP contribution in [0.4, 0.5) is 0 Å². The third-order valence-electron chi connectivity index (χ3n) is 3.20. The van der Waals surface area contributed by atoms with E-state index in [1.807, 2.05) is 17.0 Å². The van der Waals surface area contributed by atoms with Crippen molar-refractivity contribution in [1.82, 2.24) is 9.13 Å². The third-order valence-corrected chi connectivity index (χ3v) is 3.20. The molecule has 1 saturated carbocycles. The largest absolute Gasteiger partial charge is 0.327 e. The normalized spacial score (nSPS) is 18.6. The van der Waals surface area contributed by atoms with E-state index in [0.29, 0.717) is 0 Å². The second kappa shape index (κ2) is 4.03. The van der Waals surface area contributed by atoms with Crippen LogP contribution in [0, 0.1) is 5.92 Å². The molecule has 0 unspecified atom stereocenters. The molecule has 0 aromatic carbocycles. The van der Waals surface area contributed by atoms with E-state index in [9.17, 15) is 4.79 Å². The van der Waals surface area contributed by atoms with Gasteiger partial charge < -0.3 is 4.57 Å². The molecular formula is C11H18N2O. The van der Waals surface area contributed by atoms with E-state index in [-0.39, 0.29) is 5.69 Å². The Labute approximate surface area is 84.4 Å². The third kappa shape index (κ3) is 1.91. The van der Waals surface area contributed by atoms with Crippen LogP contribution in [-0.4, -0.2) is 9.13 Å². The fraction of sp³-hybridized carbons (Fsp3) is 0.727. The molecule has 14 heavy (non-hydrogen) atoms. The lowest BCUT2D eigenvalue weighted by molar-refractivity contribution is 0.315. The van der Waals surface area contributed by atoms with Gasteiger partial charge in [-0.05, 0) is 18.8 Å². The number of nitrogens with zero attached hydrogens (tertiary/aromatic N) is 2. The summed E-state index contributed by atoms with van der Waals surface area (Å²) in [4.78, 5) is 11.6. The van der Waals surface area contributed by atoms with E-state index in [0.717, 1.165) is 12.5 Å². The molecule has 0 aliphatic heterocycles. The highest BCUT2D eigenvalue weighted by Crippen LogP contribution is 2.24. The van der Waals surface area contributed by atoms with E-state index in [4.69, 9.17) is 0 Å².